The quantitative estimate of drug-likeness (QED) is 0.564. The number of ether oxygens (including phenoxy) is 3. The predicted molar refractivity (Wildman–Crippen MR) is 117 cm³/mol. The van der Waals surface area contributed by atoms with Crippen molar-refractivity contribution in [2.45, 2.75) is 6.54 Å². The molecule has 152 valence electrons. The van der Waals surface area contributed by atoms with E-state index in [1.54, 1.807) is 44.8 Å². The molecule has 3 rings (SSSR count). The van der Waals surface area contributed by atoms with E-state index in [0.29, 0.717) is 29.5 Å². The molecule has 0 aliphatic carbocycles. The summed E-state index contributed by atoms with van der Waals surface area (Å²) >= 11 is 1.64. The lowest BCUT2D eigenvalue weighted by molar-refractivity contribution is -0.115. The Balaban J connectivity index is 1.78. The standard InChI is InChI=1S/C22H24N2O4S/c1-26-19-11-17(12-20(27-2)22(19)28-3)23-21(25)14-24(13-16-9-10-29-15-16)18-7-5-4-6-8-18/h4-12,15H,13-14H2,1-3H3,(H,23,25). The van der Waals surface area contributed by atoms with Crippen molar-refractivity contribution >= 4 is 28.6 Å². The number of amides is 1. The maximum atomic E-state index is 12.8. The van der Waals surface area contributed by atoms with Crippen LogP contribution in [0.25, 0.3) is 0 Å². The van der Waals surface area contributed by atoms with E-state index in [-0.39, 0.29) is 12.5 Å². The van der Waals surface area contributed by atoms with Gasteiger partial charge in [0, 0.05) is 30.1 Å². The number of carbonyl (C=O) groups is 1. The summed E-state index contributed by atoms with van der Waals surface area (Å²) in [5.74, 6) is 1.32. The Kier molecular flexibility index (Phi) is 6.97. The van der Waals surface area contributed by atoms with Gasteiger partial charge >= 0.3 is 0 Å². The van der Waals surface area contributed by atoms with Crippen LogP contribution in [0.15, 0.2) is 59.3 Å². The molecule has 0 fully saturated rings. The number of benzene rings is 2. The monoisotopic (exact) mass is 412 g/mol. The Morgan fingerprint density at radius 3 is 2.24 bits per heavy atom. The van der Waals surface area contributed by atoms with Crippen LogP contribution in [0.4, 0.5) is 11.4 Å². The zero-order valence-corrected chi connectivity index (χ0v) is 17.5. The lowest BCUT2D eigenvalue weighted by Gasteiger charge is -2.24. The van der Waals surface area contributed by atoms with E-state index >= 15 is 0 Å². The molecule has 6 nitrogen and oxygen atoms in total. The summed E-state index contributed by atoms with van der Waals surface area (Å²) in [6.45, 7) is 0.854. The Morgan fingerprint density at radius 1 is 1.00 bits per heavy atom. The molecule has 0 saturated carbocycles. The van der Waals surface area contributed by atoms with Crippen LogP contribution >= 0.6 is 11.3 Å². The first-order valence-electron chi connectivity index (χ1n) is 9.05. The molecular formula is C22H24N2O4S. The molecule has 0 spiro atoms. The van der Waals surface area contributed by atoms with Gasteiger partial charge in [-0.05, 0) is 34.5 Å². The fourth-order valence-corrected chi connectivity index (χ4v) is 3.67. The summed E-state index contributed by atoms with van der Waals surface area (Å²) in [7, 11) is 4.63. The number of nitrogens with one attached hydrogen (secondary N) is 1. The molecular weight excluding hydrogens is 388 g/mol. The molecule has 7 heteroatoms. The van der Waals surface area contributed by atoms with Gasteiger partial charge in [0.15, 0.2) is 11.5 Å². The van der Waals surface area contributed by atoms with E-state index in [9.17, 15) is 4.79 Å². The van der Waals surface area contributed by atoms with Crippen molar-refractivity contribution in [3.63, 3.8) is 0 Å². The van der Waals surface area contributed by atoms with Crippen LogP contribution in [0.3, 0.4) is 0 Å². The van der Waals surface area contributed by atoms with Gasteiger partial charge in [-0.15, -0.1) is 0 Å². The lowest BCUT2D eigenvalue weighted by Crippen LogP contribution is -2.32. The largest absolute Gasteiger partial charge is 0.493 e. The van der Waals surface area contributed by atoms with Gasteiger partial charge in [0.1, 0.15) is 0 Å². The Labute approximate surface area is 174 Å². The summed E-state index contributed by atoms with van der Waals surface area (Å²) < 4.78 is 16.0. The predicted octanol–water partition coefficient (Wildman–Crippen LogP) is 4.42. The molecule has 29 heavy (non-hydrogen) atoms. The van der Waals surface area contributed by atoms with E-state index in [2.05, 4.69) is 16.8 Å². The molecule has 1 amide bonds. The fourth-order valence-electron chi connectivity index (χ4n) is 3.01. The van der Waals surface area contributed by atoms with Crippen LogP contribution in [-0.4, -0.2) is 33.8 Å². The molecule has 0 bridgehead atoms. The molecule has 2 aromatic carbocycles. The van der Waals surface area contributed by atoms with Crippen molar-refractivity contribution in [1.29, 1.82) is 0 Å². The van der Waals surface area contributed by atoms with Crippen LogP contribution in [0, 0.1) is 0 Å². The maximum absolute atomic E-state index is 12.8. The van der Waals surface area contributed by atoms with Gasteiger partial charge in [-0.2, -0.15) is 11.3 Å². The number of para-hydroxylation sites is 1. The molecule has 3 aromatic rings. The Bertz CT molecular complexity index is 904. The molecule has 0 unspecified atom stereocenters. The zero-order chi connectivity index (χ0) is 20.6. The third-order valence-corrected chi connectivity index (χ3v) is 5.09. The molecule has 1 heterocycles. The molecule has 1 N–H and O–H groups in total. The average Bonchev–Trinajstić information content (AvgIpc) is 3.26. The van der Waals surface area contributed by atoms with Crippen molar-refractivity contribution < 1.29 is 19.0 Å². The van der Waals surface area contributed by atoms with Crippen molar-refractivity contribution in [2.75, 3.05) is 38.1 Å². The van der Waals surface area contributed by atoms with E-state index in [1.807, 2.05) is 40.6 Å². The topological polar surface area (TPSA) is 60.0 Å². The Hall–Kier alpha value is -3.19. The molecule has 1 aromatic heterocycles. The fraction of sp³-hybridized carbons (Fsp3) is 0.227. The number of carbonyl (C=O) groups excluding carboxylic acids is 1. The van der Waals surface area contributed by atoms with Crippen LogP contribution in [0.2, 0.25) is 0 Å². The van der Waals surface area contributed by atoms with E-state index in [0.717, 1.165) is 5.69 Å². The summed E-state index contributed by atoms with van der Waals surface area (Å²) in [6.07, 6.45) is 0. The minimum absolute atomic E-state index is 0.140. The number of nitrogens with zero attached hydrogens (tertiary/aromatic N) is 1. The highest BCUT2D eigenvalue weighted by atomic mass is 32.1. The number of methoxy groups -OCH3 is 3. The molecule has 0 atom stereocenters. The van der Waals surface area contributed by atoms with E-state index in [4.69, 9.17) is 14.2 Å². The van der Waals surface area contributed by atoms with Gasteiger partial charge in [0.25, 0.3) is 0 Å². The van der Waals surface area contributed by atoms with Gasteiger partial charge in [0.05, 0.1) is 27.9 Å². The van der Waals surface area contributed by atoms with Gasteiger partial charge in [-0.1, -0.05) is 18.2 Å². The average molecular weight is 413 g/mol. The third-order valence-electron chi connectivity index (χ3n) is 4.36. The minimum Gasteiger partial charge on any atom is -0.493 e. The first-order valence-corrected chi connectivity index (χ1v) is 9.99. The number of hydrogen-bond acceptors (Lipinski definition) is 6. The van der Waals surface area contributed by atoms with Crippen LogP contribution in [0.5, 0.6) is 17.2 Å². The third kappa shape index (κ3) is 5.20. The molecule has 0 aliphatic rings. The molecule has 0 radical (unpaired) electrons. The smallest absolute Gasteiger partial charge is 0.243 e. The second kappa shape index (κ2) is 9.84. The first kappa shape index (κ1) is 20.5. The maximum Gasteiger partial charge on any atom is 0.243 e. The number of hydrogen-bond donors (Lipinski definition) is 1. The Morgan fingerprint density at radius 2 is 1.69 bits per heavy atom. The summed E-state index contributed by atoms with van der Waals surface area (Å²) in [6, 6.07) is 15.4. The van der Waals surface area contributed by atoms with E-state index in [1.165, 1.54) is 5.56 Å². The van der Waals surface area contributed by atoms with E-state index < -0.39 is 0 Å². The normalized spacial score (nSPS) is 10.3. The van der Waals surface area contributed by atoms with Gasteiger partial charge in [-0.3, -0.25) is 4.79 Å². The number of anilines is 2. The summed E-state index contributed by atoms with van der Waals surface area (Å²) in [4.78, 5) is 14.9. The van der Waals surface area contributed by atoms with Gasteiger partial charge < -0.3 is 24.4 Å². The van der Waals surface area contributed by atoms with Crippen LogP contribution in [-0.2, 0) is 11.3 Å². The van der Waals surface area contributed by atoms with Crippen molar-refractivity contribution in [2.24, 2.45) is 0 Å². The SMILES string of the molecule is COc1cc(NC(=O)CN(Cc2ccsc2)c2ccccc2)cc(OC)c1OC. The molecule has 0 aliphatic heterocycles. The summed E-state index contributed by atoms with van der Waals surface area (Å²) in [5.41, 5.74) is 2.73. The second-order valence-corrected chi connectivity index (χ2v) is 7.07. The van der Waals surface area contributed by atoms with Gasteiger partial charge in [0.2, 0.25) is 11.7 Å². The number of thiophene rings is 1. The lowest BCUT2D eigenvalue weighted by atomic mass is 10.2. The summed E-state index contributed by atoms with van der Waals surface area (Å²) in [5, 5.41) is 7.06. The second-order valence-electron chi connectivity index (χ2n) is 6.29. The highest BCUT2D eigenvalue weighted by Gasteiger charge is 2.17. The van der Waals surface area contributed by atoms with Crippen molar-refractivity contribution in [1.82, 2.24) is 0 Å². The highest BCUT2D eigenvalue weighted by molar-refractivity contribution is 7.07. The van der Waals surface area contributed by atoms with Crippen molar-refractivity contribution in [3.05, 3.63) is 64.9 Å². The minimum atomic E-state index is -0.140. The number of rotatable bonds is 9. The van der Waals surface area contributed by atoms with Crippen LogP contribution < -0.4 is 24.4 Å². The zero-order valence-electron chi connectivity index (χ0n) is 16.7. The van der Waals surface area contributed by atoms with Crippen molar-refractivity contribution in [3.8, 4) is 17.2 Å². The first-order chi connectivity index (χ1) is 14.1. The molecule has 0 saturated heterocycles. The highest BCUT2D eigenvalue weighted by Crippen LogP contribution is 2.39. The van der Waals surface area contributed by atoms with Crippen LogP contribution in [0.1, 0.15) is 5.56 Å². The van der Waals surface area contributed by atoms with Gasteiger partial charge in [-0.25, -0.2) is 0 Å².